The van der Waals surface area contributed by atoms with Gasteiger partial charge in [-0.15, -0.1) is 0 Å². The monoisotopic (exact) mass is 219 g/mol. The van der Waals surface area contributed by atoms with Crippen molar-refractivity contribution >= 4 is 17.6 Å². The third kappa shape index (κ3) is 4.19. The van der Waals surface area contributed by atoms with Crippen molar-refractivity contribution < 1.29 is 5.21 Å². The summed E-state index contributed by atoms with van der Waals surface area (Å²) in [5.74, 6) is 1.40. The van der Waals surface area contributed by atoms with E-state index in [1.54, 1.807) is 0 Å². The topological polar surface area (TPSA) is 61.8 Å². The van der Waals surface area contributed by atoms with Crippen LogP contribution in [-0.2, 0) is 0 Å². The van der Waals surface area contributed by atoms with Gasteiger partial charge in [-0.1, -0.05) is 5.16 Å². The Labute approximate surface area is 90.5 Å². The van der Waals surface area contributed by atoms with Gasteiger partial charge in [-0.05, 0) is 39.3 Å². The number of likely N-dealkylation sites (N-methyl/N-ethyl adjacent to an activating group) is 1. The Bertz CT molecular complexity index is 187. The van der Waals surface area contributed by atoms with Crippen molar-refractivity contribution in [2.75, 3.05) is 19.1 Å². The predicted octanol–water partition coefficient (Wildman–Crippen LogP) is 1.19. The van der Waals surface area contributed by atoms with Gasteiger partial charge in [-0.3, -0.25) is 4.90 Å². The molecule has 0 fully saturated rings. The van der Waals surface area contributed by atoms with Gasteiger partial charge in [0.2, 0.25) is 0 Å². The summed E-state index contributed by atoms with van der Waals surface area (Å²) in [6.45, 7) is 4.09. The molecule has 0 heterocycles. The first-order chi connectivity index (χ1) is 6.54. The van der Waals surface area contributed by atoms with Gasteiger partial charge in [0.05, 0.1) is 6.04 Å². The third-order valence-electron chi connectivity index (χ3n) is 2.59. The quantitative estimate of drug-likeness (QED) is 0.305. The summed E-state index contributed by atoms with van der Waals surface area (Å²) in [5, 5.41) is 11.6. The van der Waals surface area contributed by atoms with Gasteiger partial charge < -0.3 is 10.9 Å². The van der Waals surface area contributed by atoms with Crippen molar-refractivity contribution in [3.63, 3.8) is 0 Å². The normalized spacial score (nSPS) is 17.1. The number of oxime groups is 1. The lowest BCUT2D eigenvalue weighted by molar-refractivity contribution is 0.226. The van der Waals surface area contributed by atoms with E-state index in [9.17, 15) is 0 Å². The molecule has 0 aliphatic rings. The van der Waals surface area contributed by atoms with Gasteiger partial charge >= 0.3 is 0 Å². The number of nitrogens with zero attached hydrogens (tertiary/aromatic N) is 2. The fourth-order valence-electron chi connectivity index (χ4n) is 1.17. The molecule has 84 valence electrons. The minimum atomic E-state index is -0.0168. The van der Waals surface area contributed by atoms with Crippen LogP contribution >= 0.6 is 11.8 Å². The Hall–Kier alpha value is -0.420. The molecule has 0 rings (SSSR count). The first kappa shape index (κ1) is 13.6. The molecule has 0 saturated carbocycles. The SMILES string of the molecule is CSCCC(C)N(C)C(C)C(N)=NO. The molecule has 0 radical (unpaired) electrons. The van der Waals surface area contributed by atoms with Crippen LogP contribution in [0.1, 0.15) is 20.3 Å². The summed E-state index contributed by atoms with van der Waals surface area (Å²) in [6, 6.07) is 0.426. The second-order valence-corrected chi connectivity index (χ2v) is 4.48. The predicted molar refractivity (Wildman–Crippen MR) is 63.1 cm³/mol. The summed E-state index contributed by atoms with van der Waals surface area (Å²) in [4.78, 5) is 2.12. The highest BCUT2D eigenvalue weighted by molar-refractivity contribution is 7.98. The van der Waals surface area contributed by atoms with Crippen LogP contribution in [-0.4, -0.2) is 47.1 Å². The van der Waals surface area contributed by atoms with Crippen LogP contribution in [0.3, 0.4) is 0 Å². The van der Waals surface area contributed by atoms with E-state index in [0.29, 0.717) is 6.04 Å². The Kier molecular flexibility index (Phi) is 6.74. The zero-order valence-electron chi connectivity index (χ0n) is 9.40. The zero-order valence-corrected chi connectivity index (χ0v) is 10.2. The second-order valence-electron chi connectivity index (χ2n) is 3.50. The van der Waals surface area contributed by atoms with Crippen LogP contribution in [0.15, 0.2) is 5.16 Å². The lowest BCUT2D eigenvalue weighted by Crippen LogP contribution is -2.45. The first-order valence-electron chi connectivity index (χ1n) is 4.72. The fourth-order valence-corrected chi connectivity index (χ4v) is 1.74. The van der Waals surface area contributed by atoms with Crippen LogP contribution in [0.25, 0.3) is 0 Å². The molecule has 2 atom stereocenters. The molecule has 0 aliphatic heterocycles. The maximum atomic E-state index is 8.54. The molecule has 14 heavy (non-hydrogen) atoms. The van der Waals surface area contributed by atoms with Crippen molar-refractivity contribution in [2.24, 2.45) is 10.9 Å². The highest BCUT2D eigenvalue weighted by Crippen LogP contribution is 2.09. The summed E-state index contributed by atoms with van der Waals surface area (Å²) in [5.41, 5.74) is 5.54. The number of rotatable bonds is 6. The number of hydrogen-bond acceptors (Lipinski definition) is 4. The van der Waals surface area contributed by atoms with Crippen LogP contribution in [0.5, 0.6) is 0 Å². The Morgan fingerprint density at radius 1 is 1.57 bits per heavy atom. The van der Waals surface area contributed by atoms with E-state index in [-0.39, 0.29) is 11.9 Å². The van der Waals surface area contributed by atoms with E-state index in [1.165, 1.54) is 0 Å². The van der Waals surface area contributed by atoms with E-state index >= 15 is 0 Å². The van der Waals surface area contributed by atoms with Crippen LogP contribution in [0.4, 0.5) is 0 Å². The van der Waals surface area contributed by atoms with Crippen molar-refractivity contribution in [3.8, 4) is 0 Å². The Balaban J connectivity index is 4.09. The van der Waals surface area contributed by atoms with Gasteiger partial charge in [0.1, 0.15) is 0 Å². The molecule has 0 aliphatic carbocycles. The van der Waals surface area contributed by atoms with E-state index in [2.05, 4.69) is 23.2 Å². The minimum absolute atomic E-state index is 0.0168. The van der Waals surface area contributed by atoms with Gasteiger partial charge in [0.15, 0.2) is 5.84 Å². The average Bonchev–Trinajstić information content (AvgIpc) is 2.22. The molecule has 0 aromatic carbocycles. The summed E-state index contributed by atoms with van der Waals surface area (Å²) in [6.07, 6.45) is 3.21. The number of hydrogen-bond donors (Lipinski definition) is 2. The van der Waals surface area contributed by atoms with Crippen molar-refractivity contribution in [1.29, 1.82) is 0 Å². The van der Waals surface area contributed by atoms with Crippen LogP contribution < -0.4 is 5.73 Å². The first-order valence-corrected chi connectivity index (χ1v) is 6.12. The largest absolute Gasteiger partial charge is 0.409 e. The Morgan fingerprint density at radius 3 is 2.57 bits per heavy atom. The van der Waals surface area contributed by atoms with Crippen LogP contribution in [0, 0.1) is 0 Å². The van der Waals surface area contributed by atoms with E-state index in [4.69, 9.17) is 10.9 Å². The minimum Gasteiger partial charge on any atom is -0.409 e. The standard InChI is InChI=1S/C9H21N3OS/c1-7(5-6-14-4)12(3)8(2)9(10)11-13/h7-8,13H,5-6H2,1-4H3,(H2,10,11). The smallest absolute Gasteiger partial charge is 0.156 e. The van der Waals surface area contributed by atoms with E-state index in [1.807, 2.05) is 25.7 Å². The summed E-state index contributed by atoms with van der Waals surface area (Å²) >= 11 is 1.84. The molecule has 0 bridgehead atoms. The fraction of sp³-hybridized carbons (Fsp3) is 0.889. The maximum Gasteiger partial charge on any atom is 0.156 e. The summed E-state index contributed by atoms with van der Waals surface area (Å²) < 4.78 is 0. The highest BCUT2D eigenvalue weighted by Gasteiger charge is 2.18. The summed E-state index contributed by atoms with van der Waals surface area (Å²) in [7, 11) is 1.99. The van der Waals surface area contributed by atoms with Crippen molar-refractivity contribution in [3.05, 3.63) is 0 Å². The molecule has 3 N–H and O–H groups in total. The lowest BCUT2D eigenvalue weighted by atomic mass is 10.1. The molecule has 5 heteroatoms. The van der Waals surface area contributed by atoms with Crippen molar-refractivity contribution in [2.45, 2.75) is 32.4 Å². The zero-order chi connectivity index (χ0) is 11.1. The van der Waals surface area contributed by atoms with Gasteiger partial charge in [-0.25, -0.2) is 0 Å². The van der Waals surface area contributed by atoms with Gasteiger partial charge in [0.25, 0.3) is 0 Å². The number of thioether (sulfide) groups is 1. The molecule has 0 spiro atoms. The lowest BCUT2D eigenvalue weighted by Gasteiger charge is -2.29. The number of amidine groups is 1. The average molecular weight is 219 g/mol. The van der Waals surface area contributed by atoms with Gasteiger partial charge in [0, 0.05) is 6.04 Å². The third-order valence-corrected chi connectivity index (χ3v) is 3.23. The highest BCUT2D eigenvalue weighted by atomic mass is 32.2. The second kappa shape index (κ2) is 6.95. The molecule has 0 saturated heterocycles. The molecule has 0 aromatic heterocycles. The maximum absolute atomic E-state index is 8.54. The molecule has 0 aromatic rings. The Morgan fingerprint density at radius 2 is 2.14 bits per heavy atom. The van der Waals surface area contributed by atoms with Crippen molar-refractivity contribution in [1.82, 2.24) is 4.90 Å². The number of nitrogens with two attached hydrogens (primary N) is 1. The molecule has 0 amide bonds. The molecular weight excluding hydrogens is 198 g/mol. The van der Waals surface area contributed by atoms with Gasteiger partial charge in [-0.2, -0.15) is 11.8 Å². The molecule has 2 unspecified atom stereocenters. The van der Waals surface area contributed by atoms with E-state index < -0.39 is 0 Å². The molecule has 4 nitrogen and oxygen atoms in total. The van der Waals surface area contributed by atoms with E-state index in [0.717, 1.165) is 12.2 Å². The van der Waals surface area contributed by atoms with Crippen LogP contribution in [0.2, 0.25) is 0 Å². The molecular formula is C9H21N3OS.